The third-order valence-corrected chi connectivity index (χ3v) is 4.94. The third-order valence-electron chi connectivity index (χ3n) is 3.96. The van der Waals surface area contributed by atoms with Gasteiger partial charge in [0.1, 0.15) is 5.75 Å². The molecule has 2 aromatic rings. The highest BCUT2D eigenvalue weighted by Crippen LogP contribution is 2.33. The van der Waals surface area contributed by atoms with Gasteiger partial charge in [-0.05, 0) is 36.5 Å². The van der Waals surface area contributed by atoms with Crippen molar-refractivity contribution in [1.82, 2.24) is 4.98 Å². The van der Waals surface area contributed by atoms with Gasteiger partial charge in [-0.15, -0.1) is 0 Å². The molecule has 1 aromatic carbocycles. The fourth-order valence-corrected chi connectivity index (χ4v) is 3.33. The van der Waals surface area contributed by atoms with Gasteiger partial charge in [-0.25, -0.2) is 4.98 Å². The first kappa shape index (κ1) is 13.6. The van der Waals surface area contributed by atoms with Gasteiger partial charge in [-0.2, -0.15) is 0 Å². The molecule has 0 radical (unpaired) electrons. The Morgan fingerprint density at radius 2 is 2.20 bits per heavy atom. The molecule has 1 N–H and O–H groups in total. The van der Waals surface area contributed by atoms with Crippen LogP contribution < -0.4 is 10.1 Å². The van der Waals surface area contributed by atoms with E-state index in [-0.39, 0.29) is 0 Å². The Kier molecular flexibility index (Phi) is 3.81. The van der Waals surface area contributed by atoms with Crippen LogP contribution in [0.2, 0.25) is 0 Å². The van der Waals surface area contributed by atoms with E-state index in [0.29, 0.717) is 5.41 Å². The van der Waals surface area contributed by atoms with Crippen molar-refractivity contribution in [3.63, 3.8) is 0 Å². The van der Waals surface area contributed by atoms with Crippen molar-refractivity contribution in [3.05, 3.63) is 18.2 Å². The number of ether oxygens (including phenoxy) is 2. The quantitative estimate of drug-likeness (QED) is 0.936. The van der Waals surface area contributed by atoms with Crippen molar-refractivity contribution in [2.45, 2.75) is 19.8 Å². The van der Waals surface area contributed by atoms with Gasteiger partial charge in [0, 0.05) is 19.8 Å². The number of thiazole rings is 1. The molecule has 1 aliphatic heterocycles. The smallest absolute Gasteiger partial charge is 0.183 e. The van der Waals surface area contributed by atoms with Crippen molar-refractivity contribution in [2.75, 3.05) is 32.2 Å². The highest BCUT2D eigenvalue weighted by atomic mass is 32.1. The molecule has 2 heterocycles. The van der Waals surface area contributed by atoms with Gasteiger partial charge >= 0.3 is 0 Å². The zero-order chi connectivity index (χ0) is 14.0. The molecule has 0 aliphatic carbocycles. The highest BCUT2D eigenvalue weighted by molar-refractivity contribution is 7.22. The topological polar surface area (TPSA) is 43.4 Å². The molecule has 0 unspecified atom stereocenters. The molecule has 1 fully saturated rings. The zero-order valence-electron chi connectivity index (χ0n) is 11.9. The first-order valence-electron chi connectivity index (χ1n) is 6.95. The van der Waals surface area contributed by atoms with Crippen LogP contribution in [0.3, 0.4) is 0 Å². The summed E-state index contributed by atoms with van der Waals surface area (Å²) in [7, 11) is 1.69. The van der Waals surface area contributed by atoms with E-state index >= 15 is 0 Å². The first-order valence-corrected chi connectivity index (χ1v) is 7.76. The maximum Gasteiger partial charge on any atom is 0.183 e. The van der Waals surface area contributed by atoms with E-state index in [1.54, 1.807) is 18.4 Å². The van der Waals surface area contributed by atoms with E-state index in [4.69, 9.17) is 9.47 Å². The molecule has 3 rings (SSSR count). The van der Waals surface area contributed by atoms with Crippen molar-refractivity contribution in [2.24, 2.45) is 5.41 Å². The Bertz CT molecular complexity index is 591. The summed E-state index contributed by atoms with van der Waals surface area (Å²) < 4.78 is 11.8. The Hall–Kier alpha value is -1.33. The predicted molar refractivity (Wildman–Crippen MR) is 82.8 cm³/mol. The van der Waals surface area contributed by atoms with Gasteiger partial charge in [0.15, 0.2) is 5.13 Å². The Labute approximate surface area is 123 Å². The second-order valence-corrected chi connectivity index (χ2v) is 6.66. The lowest BCUT2D eigenvalue weighted by atomic mass is 9.82. The van der Waals surface area contributed by atoms with Crippen LogP contribution in [-0.4, -0.2) is 31.9 Å². The second-order valence-electron chi connectivity index (χ2n) is 5.63. The maximum atomic E-state index is 5.44. The molecule has 0 spiro atoms. The van der Waals surface area contributed by atoms with Crippen molar-refractivity contribution in [3.8, 4) is 5.75 Å². The molecule has 0 saturated carbocycles. The van der Waals surface area contributed by atoms with Crippen LogP contribution in [0, 0.1) is 5.41 Å². The predicted octanol–water partition coefficient (Wildman–Crippen LogP) is 3.53. The van der Waals surface area contributed by atoms with E-state index in [0.717, 1.165) is 53.7 Å². The number of nitrogens with one attached hydrogen (secondary N) is 1. The third kappa shape index (κ3) is 2.88. The Morgan fingerprint density at radius 1 is 1.40 bits per heavy atom. The number of fused-ring (bicyclic) bond motifs is 1. The molecule has 108 valence electrons. The fraction of sp³-hybridized carbons (Fsp3) is 0.533. The second kappa shape index (κ2) is 5.58. The number of hydrogen-bond acceptors (Lipinski definition) is 5. The van der Waals surface area contributed by atoms with Gasteiger partial charge in [-0.3, -0.25) is 0 Å². The number of nitrogens with zero attached hydrogens (tertiary/aromatic N) is 1. The van der Waals surface area contributed by atoms with Gasteiger partial charge in [0.25, 0.3) is 0 Å². The summed E-state index contributed by atoms with van der Waals surface area (Å²) in [4.78, 5) is 4.62. The van der Waals surface area contributed by atoms with Gasteiger partial charge < -0.3 is 14.8 Å². The lowest BCUT2D eigenvalue weighted by Crippen LogP contribution is -2.33. The molecular formula is C15H20N2O2S. The summed E-state index contributed by atoms with van der Waals surface area (Å²) in [6.07, 6.45) is 2.22. The van der Waals surface area contributed by atoms with E-state index < -0.39 is 0 Å². The molecule has 1 aliphatic rings. The summed E-state index contributed by atoms with van der Waals surface area (Å²) in [6.45, 7) is 5.01. The lowest BCUT2D eigenvalue weighted by Gasteiger charge is -2.33. The van der Waals surface area contributed by atoms with Gasteiger partial charge in [-0.1, -0.05) is 18.3 Å². The molecule has 4 nitrogen and oxygen atoms in total. The molecule has 0 amide bonds. The largest absolute Gasteiger partial charge is 0.497 e. The number of aromatic nitrogens is 1. The average molecular weight is 292 g/mol. The number of benzene rings is 1. The number of anilines is 1. The van der Waals surface area contributed by atoms with E-state index in [1.807, 2.05) is 18.2 Å². The minimum absolute atomic E-state index is 0.313. The van der Waals surface area contributed by atoms with Crippen LogP contribution in [0.15, 0.2) is 18.2 Å². The molecule has 5 heteroatoms. The Morgan fingerprint density at radius 3 is 2.95 bits per heavy atom. The minimum Gasteiger partial charge on any atom is -0.497 e. The summed E-state index contributed by atoms with van der Waals surface area (Å²) >= 11 is 1.68. The summed E-state index contributed by atoms with van der Waals surface area (Å²) in [5, 5.41) is 4.48. The van der Waals surface area contributed by atoms with E-state index in [2.05, 4.69) is 17.2 Å². The van der Waals surface area contributed by atoms with Crippen LogP contribution in [0.5, 0.6) is 5.75 Å². The maximum absolute atomic E-state index is 5.44. The SMILES string of the molecule is COc1ccc2nc(NCC3(C)CCOCC3)sc2c1. The number of rotatable bonds is 4. The Balaban J connectivity index is 1.71. The average Bonchev–Trinajstić information content (AvgIpc) is 2.88. The molecule has 0 atom stereocenters. The lowest BCUT2D eigenvalue weighted by molar-refractivity contribution is 0.0300. The van der Waals surface area contributed by atoms with Crippen LogP contribution in [-0.2, 0) is 4.74 Å². The van der Waals surface area contributed by atoms with E-state index in [9.17, 15) is 0 Å². The van der Waals surface area contributed by atoms with Crippen LogP contribution >= 0.6 is 11.3 Å². The van der Waals surface area contributed by atoms with Gasteiger partial charge in [0.05, 0.1) is 17.3 Å². The van der Waals surface area contributed by atoms with E-state index in [1.165, 1.54) is 0 Å². The first-order chi connectivity index (χ1) is 9.68. The van der Waals surface area contributed by atoms with Crippen molar-refractivity contribution in [1.29, 1.82) is 0 Å². The fourth-order valence-electron chi connectivity index (χ4n) is 2.44. The number of methoxy groups -OCH3 is 1. The summed E-state index contributed by atoms with van der Waals surface area (Å²) in [5.41, 5.74) is 1.34. The molecule has 20 heavy (non-hydrogen) atoms. The number of hydrogen-bond donors (Lipinski definition) is 1. The normalized spacial score (nSPS) is 18.1. The standard InChI is InChI=1S/C15H20N2O2S/c1-15(5-7-19-8-6-15)10-16-14-17-12-4-3-11(18-2)9-13(12)20-14/h3-4,9H,5-8,10H2,1-2H3,(H,16,17). The zero-order valence-corrected chi connectivity index (χ0v) is 12.8. The monoisotopic (exact) mass is 292 g/mol. The van der Waals surface area contributed by atoms with Crippen LogP contribution in [0.1, 0.15) is 19.8 Å². The molecule has 0 bridgehead atoms. The molecule has 1 saturated heterocycles. The van der Waals surface area contributed by atoms with Crippen molar-refractivity contribution < 1.29 is 9.47 Å². The summed E-state index contributed by atoms with van der Waals surface area (Å²) in [6, 6.07) is 5.99. The molecule has 1 aromatic heterocycles. The molecular weight excluding hydrogens is 272 g/mol. The van der Waals surface area contributed by atoms with Gasteiger partial charge in [0.2, 0.25) is 0 Å². The van der Waals surface area contributed by atoms with Crippen LogP contribution in [0.4, 0.5) is 5.13 Å². The van der Waals surface area contributed by atoms with Crippen molar-refractivity contribution >= 4 is 26.7 Å². The summed E-state index contributed by atoms with van der Waals surface area (Å²) in [5.74, 6) is 0.879. The van der Waals surface area contributed by atoms with Crippen LogP contribution in [0.25, 0.3) is 10.2 Å². The highest BCUT2D eigenvalue weighted by Gasteiger charge is 2.27. The minimum atomic E-state index is 0.313.